The van der Waals surface area contributed by atoms with Crippen LogP contribution in [0.1, 0.15) is 60.2 Å². The molecule has 2 N–H and O–H groups in total. The molecule has 0 radical (unpaired) electrons. The lowest BCUT2D eigenvalue weighted by Crippen LogP contribution is -2.23. The first kappa shape index (κ1) is 24.0. The van der Waals surface area contributed by atoms with Gasteiger partial charge in [0.25, 0.3) is 10.0 Å². The van der Waals surface area contributed by atoms with E-state index < -0.39 is 16.0 Å². The molecule has 2 aromatic carbocycles. The highest BCUT2D eigenvalue weighted by Gasteiger charge is 2.25. The second-order valence-electron chi connectivity index (χ2n) is 8.00. The molecule has 0 saturated heterocycles. The smallest absolute Gasteiger partial charge is 0.338 e. The number of nitrogens with one attached hydrogen (secondary N) is 1. The number of sulfonamides is 1. The SMILES string of the molecule is CCN(CC)CC/C=C/c1ccccc1S(=O)(=O)Nc1ccc2c(c1C(=O)O)CCCC2. The molecule has 0 spiro atoms. The van der Waals surface area contributed by atoms with Gasteiger partial charge in [0.1, 0.15) is 0 Å². The van der Waals surface area contributed by atoms with Crippen LogP contribution in [0.3, 0.4) is 0 Å². The standard InChI is InChI=1S/C25H32N2O4S/c1-3-27(4-2)18-10-9-13-20-12-6-8-15-23(20)32(30,31)26-22-17-16-19-11-5-7-14-21(19)24(22)25(28)29/h6,8-9,12-13,15-17,26H,3-5,7,10-11,14,18H2,1-2H3,(H,28,29)/b13-9+. The van der Waals surface area contributed by atoms with Gasteiger partial charge >= 0.3 is 5.97 Å². The summed E-state index contributed by atoms with van der Waals surface area (Å²) in [5.74, 6) is -1.11. The highest BCUT2D eigenvalue weighted by Crippen LogP contribution is 2.31. The fraction of sp³-hybridized carbons (Fsp3) is 0.400. The van der Waals surface area contributed by atoms with Gasteiger partial charge in [-0.15, -0.1) is 0 Å². The molecule has 0 aromatic heterocycles. The van der Waals surface area contributed by atoms with Gasteiger partial charge in [-0.25, -0.2) is 13.2 Å². The monoisotopic (exact) mass is 456 g/mol. The van der Waals surface area contributed by atoms with E-state index >= 15 is 0 Å². The summed E-state index contributed by atoms with van der Waals surface area (Å²) in [7, 11) is -3.96. The number of fused-ring (bicyclic) bond motifs is 1. The van der Waals surface area contributed by atoms with Crippen molar-refractivity contribution in [3.63, 3.8) is 0 Å². The third-order valence-electron chi connectivity index (χ3n) is 6.00. The normalized spacial score (nSPS) is 14.0. The largest absolute Gasteiger partial charge is 0.478 e. The Balaban J connectivity index is 1.88. The molecule has 32 heavy (non-hydrogen) atoms. The van der Waals surface area contributed by atoms with Crippen molar-refractivity contribution in [3.8, 4) is 0 Å². The minimum atomic E-state index is -3.96. The van der Waals surface area contributed by atoms with Crippen LogP contribution in [0.15, 0.2) is 47.4 Å². The average molecular weight is 457 g/mol. The molecule has 7 heteroatoms. The Morgan fingerprint density at radius 1 is 1.09 bits per heavy atom. The lowest BCUT2D eigenvalue weighted by molar-refractivity contribution is 0.0696. The predicted octanol–water partition coefficient (Wildman–Crippen LogP) is 4.81. The van der Waals surface area contributed by atoms with Crippen LogP contribution in [0.2, 0.25) is 0 Å². The van der Waals surface area contributed by atoms with Crippen molar-refractivity contribution in [2.24, 2.45) is 0 Å². The van der Waals surface area contributed by atoms with Crippen molar-refractivity contribution < 1.29 is 18.3 Å². The first-order valence-corrected chi connectivity index (χ1v) is 12.7. The second kappa shape index (κ2) is 10.8. The Bertz CT molecular complexity index is 1090. The molecule has 0 amide bonds. The Kier molecular flexibility index (Phi) is 8.10. The summed E-state index contributed by atoms with van der Waals surface area (Å²) < 4.78 is 29.1. The zero-order valence-corrected chi connectivity index (χ0v) is 19.6. The lowest BCUT2D eigenvalue weighted by Gasteiger charge is -2.21. The maximum atomic E-state index is 13.3. The van der Waals surface area contributed by atoms with Crippen LogP contribution in [0, 0.1) is 0 Å². The fourth-order valence-corrected chi connectivity index (χ4v) is 5.50. The molecule has 2 aromatic rings. The first-order valence-electron chi connectivity index (χ1n) is 11.3. The Hall–Kier alpha value is -2.64. The molecule has 0 bridgehead atoms. The number of carboxylic acids is 1. The van der Waals surface area contributed by atoms with Crippen molar-refractivity contribution >= 4 is 27.8 Å². The van der Waals surface area contributed by atoms with E-state index in [2.05, 4.69) is 23.5 Å². The number of aryl methyl sites for hydroxylation is 1. The quantitative estimate of drug-likeness (QED) is 0.536. The van der Waals surface area contributed by atoms with Gasteiger partial charge in [-0.2, -0.15) is 0 Å². The van der Waals surface area contributed by atoms with Gasteiger partial charge in [0.2, 0.25) is 0 Å². The number of hydrogen-bond acceptors (Lipinski definition) is 4. The first-order chi connectivity index (χ1) is 15.4. The molecule has 6 nitrogen and oxygen atoms in total. The molecular formula is C25H32N2O4S. The van der Waals surface area contributed by atoms with Crippen LogP contribution in [-0.2, 0) is 22.9 Å². The van der Waals surface area contributed by atoms with Crippen molar-refractivity contribution in [3.05, 3.63) is 64.7 Å². The van der Waals surface area contributed by atoms with Crippen molar-refractivity contribution in [1.82, 2.24) is 4.90 Å². The highest BCUT2D eigenvalue weighted by molar-refractivity contribution is 7.92. The molecule has 0 heterocycles. The number of carbonyl (C=O) groups is 1. The Labute approximate surface area is 191 Å². The van der Waals surface area contributed by atoms with E-state index in [-0.39, 0.29) is 16.1 Å². The van der Waals surface area contributed by atoms with E-state index in [1.807, 2.05) is 18.2 Å². The van der Waals surface area contributed by atoms with E-state index in [4.69, 9.17) is 0 Å². The van der Waals surface area contributed by atoms with E-state index in [1.54, 1.807) is 30.3 Å². The summed E-state index contributed by atoms with van der Waals surface area (Å²) in [6.07, 6.45) is 8.02. The summed E-state index contributed by atoms with van der Waals surface area (Å²) >= 11 is 0. The lowest BCUT2D eigenvalue weighted by atomic mass is 9.87. The van der Waals surface area contributed by atoms with Crippen molar-refractivity contribution in [2.45, 2.75) is 50.8 Å². The van der Waals surface area contributed by atoms with Gasteiger partial charge in [-0.3, -0.25) is 4.72 Å². The summed E-state index contributed by atoms with van der Waals surface area (Å²) in [6.45, 7) is 7.10. The number of rotatable bonds is 10. The van der Waals surface area contributed by atoms with E-state index in [0.29, 0.717) is 12.0 Å². The minimum absolute atomic E-state index is 0.0676. The van der Waals surface area contributed by atoms with Gasteiger partial charge < -0.3 is 10.0 Å². The molecular weight excluding hydrogens is 424 g/mol. The third-order valence-corrected chi connectivity index (χ3v) is 7.44. The number of nitrogens with zero attached hydrogens (tertiary/aromatic N) is 1. The maximum absolute atomic E-state index is 13.3. The minimum Gasteiger partial charge on any atom is -0.478 e. The molecule has 0 aliphatic heterocycles. The average Bonchev–Trinajstić information content (AvgIpc) is 2.78. The molecule has 1 aliphatic carbocycles. The van der Waals surface area contributed by atoms with Gasteiger partial charge in [0.05, 0.1) is 16.1 Å². The van der Waals surface area contributed by atoms with Crippen LogP contribution in [-0.4, -0.2) is 44.0 Å². The van der Waals surface area contributed by atoms with Crippen molar-refractivity contribution in [1.29, 1.82) is 0 Å². The van der Waals surface area contributed by atoms with Crippen LogP contribution in [0.25, 0.3) is 6.08 Å². The second-order valence-corrected chi connectivity index (χ2v) is 9.65. The number of benzene rings is 2. The predicted molar refractivity (Wildman–Crippen MR) is 129 cm³/mol. The summed E-state index contributed by atoms with van der Waals surface area (Å²) in [5.41, 5.74) is 2.51. The van der Waals surface area contributed by atoms with Crippen LogP contribution in [0.5, 0.6) is 0 Å². The number of aromatic carboxylic acids is 1. The van der Waals surface area contributed by atoms with E-state index in [1.165, 1.54) is 0 Å². The molecule has 0 saturated carbocycles. The van der Waals surface area contributed by atoms with Gasteiger partial charge in [-0.1, -0.05) is 50.3 Å². The fourth-order valence-electron chi connectivity index (χ4n) is 4.23. The molecule has 0 fully saturated rings. The Morgan fingerprint density at radius 3 is 2.53 bits per heavy atom. The van der Waals surface area contributed by atoms with Crippen LogP contribution >= 0.6 is 0 Å². The van der Waals surface area contributed by atoms with Crippen LogP contribution < -0.4 is 4.72 Å². The van der Waals surface area contributed by atoms with Gasteiger partial charge in [0.15, 0.2) is 0 Å². The van der Waals surface area contributed by atoms with Crippen molar-refractivity contribution in [2.75, 3.05) is 24.4 Å². The summed E-state index contributed by atoms with van der Waals surface area (Å²) in [6, 6.07) is 10.2. The summed E-state index contributed by atoms with van der Waals surface area (Å²) in [5, 5.41) is 9.82. The van der Waals surface area contributed by atoms with E-state index in [0.717, 1.165) is 56.4 Å². The molecule has 0 atom stereocenters. The molecule has 172 valence electrons. The summed E-state index contributed by atoms with van der Waals surface area (Å²) in [4.78, 5) is 14.4. The number of carboxylic acid groups (broad SMARTS) is 1. The highest BCUT2D eigenvalue weighted by atomic mass is 32.2. The van der Waals surface area contributed by atoms with Gasteiger partial charge in [0, 0.05) is 6.54 Å². The number of anilines is 1. The van der Waals surface area contributed by atoms with Crippen LogP contribution in [0.4, 0.5) is 5.69 Å². The maximum Gasteiger partial charge on any atom is 0.338 e. The molecule has 0 unspecified atom stereocenters. The number of hydrogen-bond donors (Lipinski definition) is 2. The third kappa shape index (κ3) is 5.58. The van der Waals surface area contributed by atoms with E-state index in [9.17, 15) is 18.3 Å². The topological polar surface area (TPSA) is 86.7 Å². The zero-order valence-electron chi connectivity index (χ0n) is 18.8. The molecule has 1 aliphatic rings. The van der Waals surface area contributed by atoms with Gasteiger partial charge in [-0.05, 0) is 74.0 Å². The zero-order chi connectivity index (χ0) is 23.1. The molecule has 3 rings (SSSR count). The Morgan fingerprint density at radius 2 is 1.81 bits per heavy atom.